The van der Waals surface area contributed by atoms with Crippen molar-refractivity contribution in [1.82, 2.24) is 0 Å². The molecule has 0 bridgehead atoms. The second-order valence-electron chi connectivity index (χ2n) is 10.1. The van der Waals surface area contributed by atoms with E-state index < -0.39 is 0 Å². The van der Waals surface area contributed by atoms with Crippen LogP contribution in [0.25, 0.3) is 0 Å². The number of halogens is 1. The summed E-state index contributed by atoms with van der Waals surface area (Å²) in [7, 11) is 0. The Morgan fingerprint density at radius 1 is 0.867 bits per heavy atom. The van der Waals surface area contributed by atoms with Crippen LogP contribution in [0.15, 0.2) is 18.2 Å². The number of rotatable bonds is 6. The van der Waals surface area contributed by atoms with Crippen LogP contribution in [0.5, 0.6) is 0 Å². The maximum atomic E-state index is 15.1. The van der Waals surface area contributed by atoms with Gasteiger partial charge in [0, 0.05) is 12.5 Å². The van der Waals surface area contributed by atoms with Crippen LogP contribution >= 0.6 is 0 Å². The molecule has 0 atom stereocenters. The van der Waals surface area contributed by atoms with Crippen molar-refractivity contribution in [2.75, 3.05) is 6.61 Å². The lowest BCUT2D eigenvalue weighted by atomic mass is 9.68. The molecule has 1 aromatic carbocycles. The summed E-state index contributed by atoms with van der Waals surface area (Å²) in [6.07, 6.45) is 15.3. The number of ether oxygens (including phenoxy) is 1. The minimum atomic E-state index is 0.0226. The van der Waals surface area contributed by atoms with Gasteiger partial charge in [-0.05, 0) is 125 Å². The van der Waals surface area contributed by atoms with Crippen molar-refractivity contribution in [2.24, 2.45) is 17.8 Å². The molecule has 2 nitrogen and oxygen atoms in total. The van der Waals surface area contributed by atoms with Crippen LogP contribution < -0.4 is 0 Å². The van der Waals surface area contributed by atoms with Crippen LogP contribution in [0.2, 0.25) is 0 Å². The van der Waals surface area contributed by atoms with Gasteiger partial charge < -0.3 is 9.53 Å². The molecule has 0 saturated heterocycles. The fourth-order valence-electron chi connectivity index (χ4n) is 6.58. The van der Waals surface area contributed by atoms with Crippen molar-refractivity contribution < 1.29 is 13.9 Å². The van der Waals surface area contributed by atoms with Gasteiger partial charge in [0.05, 0.1) is 6.10 Å². The molecule has 0 unspecified atom stereocenters. The first-order valence-corrected chi connectivity index (χ1v) is 12.5. The zero-order chi connectivity index (χ0) is 20.9. The minimum Gasteiger partial charge on any atom is -0.379 e. The van der Waals surface area contributed by atoms with Gasteiger partial charge in [0.2, 0.25) is 0 Å². The molecular formula is C27H39FO2. The van der Waals surface area contributed by atoms with Crippen LogP contribution in [-0.2, 0) is 9.53 Å². The number of carbonyl (C=O) groups is 1. The molecule has 0 amide bonds. The van der Waals surface area contributed by atoms with E-state index in [1.54, 1.807) is 0 Å². The van der Waals surface area contributed by atoms with Crippen LogP contribution in [0.3, 0.4) is 0 Å². The van der Waals surface area contributed by atoms with Gasteiger partial charge in [-0.2, -0.15) is 0 Å². The summed E-state index contributed by atoms with van der Waals surface area (Å²) in [5.74, 6) is 2.78. The van der Waals surface area contributed by atoms with E-state index in [4.69, 9.17) is 4.74 Å². The van der Waals surface area contributed by atoms with Gasteiger partial charge in [-0.3, -0.25) is 0 Å². The zero-order valence-corrected chi connectivity index (χ0v) is 18.7. The van der Waals surface area contributed by atoms with Gasteiger partial charge in [0.1, 0.15) is 12.1 Å². The van der Waals surface area contributed by atoms with E-state index in [0.717, 1.165) is 81.7 Å². The Labute approximate surface area is 182 Å². The third-order valence-corrected chi connectivity index (χ3v) is 8.46. The topological polar surface area (TPSA) is 26.3 Å². The fourth-order valence-corrected chi connectivity index (χ4v) is 6.58. The van der Waals surface area contributed by atoms with Crippen LogP contribution in [0.1, 0.15) is 107 Å². The normalized spacial score (nSPS) is 35.1. The number of hydrogen-bond donors (Lipinski definition) is 0. The summed E-state index contributed by atoms with van der Waals surface area (Å²) < 4.78 is 20.8. The highest BCUT2D eigenvalue weighted by molar-refractivity contribution is 5.53. The Morgan fingerprint density at radius 2 is 1.47 bits per heavy atom. The molecule has 3 fully saturated rings. The minimum absolute atomic E-state index is 0.0226. The predicted molar refractivity (Wildman–Crippen MR) is 119 cm³/mol. The summed E-state index contributed by atoms with van der Waals surface area (Å²) in [6, 6.07) is 6.14. The number of hydrogen-bond acceptors (Lipinski definition) is 2. The van der Waals surface area contributed by atoms with Crippen molar-refractivity contribution in [3.63, 3.8) is 0 Å². The lowest BCUT2D eigenvalue weighted by molar-refractivity contribution is -0.112. The van der Waals surface area contributed by atoms with Gasteiger partial charge in [-0.25, -0.2) is 4.39 Å². The monoisotopic (exact) mass is 414 g/mol. The van der Waals surface area contributed by atoms with Gasteiger partial charge in [0.25, 0.3) is 0 Å². The first kappa shape index (κ1) is 22.0. The van der Waals surface area contributed by atoms with Crippen molar-refractivity contribution in [2.45, 2.75) is 102 Å². The van der Waals surface area contributed by atoms with Crippen molar-refractivity contribution in [3.8, 4) is 0 Å². The lowest BCUT2D eigenvalue weighted by Crippen LogP contribution is -2.26. The fraction of sp³-hybridized carbons (Fsp3) is 0.741. The maximum Gasteiger partial charge on any atom is 0.126 e. The SMILES string of the molecule is CCOC1CCC(c2ccc(C3CCC(C4CCC(C=O)CC4)CC3)c(F)c2)CC1. The second-order valence-corrected chi connectivity index (χ2v) is 10.1. The van der Waals surface area contributed by atoms with E-state index in [1.807, 2.05) is 6.07 Å². The van der Waals surface area contributed by atoms with E-state index in [2.05, 4.69) is 19.1 Å². The standard InChI is InChI=1S/C27H39FO2/c1-2-30-25-14-11-22(12-15-25)24-13-16-26(27(28)17-24)23-9-7-21(8-10-23)20-5-3-19(18-29)4-6-20/h13,16-23,25H,2-12,14-15H2,1H3. The molecule has 1 aromatic rings. The van der Waals surface area contributed by atoms with Gasteiger partial charge >= 0.3 is 0 Å². The molecule has 0 N–H and O–H groups in total. The Balaban J connectivity index is 1.30. The summed E-state index contributed by atoms with van der Waals surface area (Å²) in [6.45, 7) is 2.85. The summed E-state index contributed by atoms with van der Waals surface area (Å²) in [5.41, 5.74) is 2.14. The molecule has 30 heavy (non-hydrogen) atoms. The van der Waals surface area contributed by atoms with Crippen molar-refractivity contribution >= 4 is 6.29 Å². The highest BCUT2D eigenvalue weighted by Crippen LogP contribution is 2.44. The van der Waals surface area contributed by atoms with Crippen molar-refractivity contribution in [1.29, 1.82) is 0 Å². The van der Waals surface area contributed by atoms with E-state index in [9.17, 15) is 4.79 Å². The molecule has 0 aliphatic heterocycles. The van der Waals surface area contributed by atoms with Crippen LogP contribution in [0, 0.1) is 23.6 Å². The molecule has 0 radical (unpaired) electrons. The molecule has 0 heterocycles. The Hall–Kier alpha value is -1.22. The van der Waals surface area contributed by atoms with E-state index in [-0.39, 0.29) is 5.82 Å². The number of benzene rings is 1. The highest BCUT2D eigenvalue weighted by atomic mass is 19.1. The summed E-state index contributed by atoms with van der Waals surface area (Å²) >= 11 is 0. The lowest BCUT2D eigenvalue weighted by Gasteiger charge is -2.37. The van der Waals surface area contributed by atoms with Crippen LogP contribution in [-0.4, -0.2) is 19.0 Å². The molecule has 166 valence electrons. The van der Waals surface area contributed by atoms with Crippen molar-refractivity contribution in [3.05, 3.63) is 35.1 Å². The van der Waals surface area contributed by atoms with E-state index >= 15 is 4.39 Å². The largest absolute Gasteiger partial charge is 0.379 e. The predicted octanol–water partition coefficient (Wildman–Crippen LogP) is 7.17. The molecular weight excluding hydrogens is 375 g/mol. The Kier molecular flexibility index (Phi) is 7.62. The van der Waals surface area contributed by atoms with Gasteiger partial charge in [-0.15, -0.1) is 0 Å². The van der Waals surface area contributed by atoms with Gasteiger partial charge in [-0.1, -0.05) is 12.1 Å². The number of carbonyl (C=O) groups excluding carboxylic acids is 1. The summed E-state index contributed by atoms with van der Waals surface area (Å²) in [5, 5.41) is 0. The molecule has 3 heteroatoms. The quantitative estimate of drug-likeness (QED) is 0.461. The molecule has 0 spiro atoms. The smallest absolute Gasteiger partial charge is 0.126 e. The first-order valence-electron chi connectivity index (χ1n) is 12.5. The number of aldehydes is 1. The average Bonchev–Trinajstić information content (AvgIpc) is 2.80. The molecule has 3 aliphatic carbocycles. The third kappa shape index (κ3) is 5.15. The third-order valence-electron chi connectivity index (χ3n) is 8.46. The van der Waals surface area contributed by atoms with Gasteiger partial charge in [0.15, 0.2) is 0 Å². The molecule has 3 aliphatic rings. The molecule has 3 saturated carbocycles. The molecule has 4 rings (SSSR count). The Morgan fingerprint density at radius 3 is 2.03 bits per heavy atom. The maximum absolute atomic E-state index is 15.1. The summed E-state index contributed by atoms with van der Waals surface area (Å²) in [4.78, 5) is 11.0. The molecule has 0 aromatic heterocycles. The van der Waals surface area contributed by atoms with E-state index in [0.29, 0.717) is 23.9 Å². The van der Waals surface area contributed by atoms with E-state index in [1.165, 1.54) is 31.2 Å². The first-order chi connectivity index (χ1) is 14.7. The average molecular weight is 415 g/mol. The zero-order valence-electron chi connectivity index (χ0n) is 18.7. The second kappa shape index (κ2) is 10.4. The highest BCUT2D eigenvalue weighted by Gasteiger charge is 2.32. The van der Waals surface area contributed by atoms with Crippen LogP contribution in [0.4, 0.5) is 4.39 Å². The Bertz CT molecular complexity index is 678.